The summed E-state index contributed by atoms with van der Waals surface area (Å²) >= 11 is 0. The predicted molar refractivity (Wildman–Crippen MR) is 120 cm³/mol. The fraction of sp³-hybridized carbons (Fsp3) is 0.0870. The molecule has 33 heavy (non-hydrogen) atoms. The molecule has 5 rings (SSSR count). The van der Waals surface area contributed by atoms with Crippen LogP contribution in [0, 0.1) is 25.5 Å². The number of hydrogen-bond acceptors (Lipinski definition) is 6. The zero-order valence-corrected chi connectivity index (χ0v) is 17.6. The number of fused-ring (bicyclic) bond motifs is 2. The van der Waals surface area contributed by atoms with Crippen molar-refractivity contribution in [1.29, 1.82) is 0 Å². The molecule has 5 aromatic rings. The number of amides is 1. The number of primary amides is 1. The van der Waals surface area contributed by atoms with E-state index in [2.05, 4.69) is 19.9 Å². The molecule has 0 aliphatic heterocycles. The molecule has 8 nitrogen and oxygen atoms in total. The minimum absolute atomic E-state index is 0.00612. The summed E-state index contributed by atoms with van der Waals surface area (Å²) in [7, 11) is 0. The molecular weight excluding hydrogens is 428 g/mol. The van der Waals surface area contributed by atoms with E-state index in [9.17, 15) is 13.6 Å². The van der Waals surface area contributed by atoms with Crippen molar-refractivity contribution in [3.8, 4) is 16.9 Å². The van der Waals surface area contributed by atoms with Crippen molar-refractivity contribution >= 4 is 33.7 Å². The van der Waals surface area contributed by atoms with Gasteiger partial charge in [0.05, 0.1) is 27.8 Å². The normalized spacial score (nSPS) is 11.4. The molecule has 0 radical (unpaired) electrons. The van der Waals surface area contributed by atoms with Crippen LogP contribution in [-0.4, -0.2) is 30.4 Å². The second kappa shape index (κ2) is 7.30. The Hall–Kier alpha value is -4.47. The lowest BCUT2D eigenvalue weighted by molar-refractivity contribution is 0.100. The number of rotatable bonds is 3. The molecule has 10 heteroatoms. The number of benzene rings is 2. The molecule has 0 unspecified atom stereocenters. The van der Waals surface area contributed by atoms with Gasteiger partial charge in [-0.1, -0.05) is 0 Å². The Balaban J connectivity index is 1.92. The summed E-state index contributed by atoms with van der Waals surface area (Å²) in [4.78, 5) is 29.1. The molecule has 0 aliphatic carbocycles. The minimum Gasteiger partial charge on any atom is -0.383 e. The Morgan fingerprint density at radius 3 is 2.52 bits per heavy atom. The fourth-order valence-electron chi connectivity index (χ4n) is 4.04. The lowest BCUT2D eigenvalue weighted by Gasteiger charge is -2.13. The molecule has 2 aromatic carbocycles. The van der Waals surface area contributed by atoms with E-state index in [4.69, 9.17) is 11.5 Å². The molecule has 0 aliphatic rings. The number of imidazole rings is 1. The van der Waals surface area contributed by atoms with Crippen molar-refractivity contribution in [3.05, 3.63) is 71.4 Å². The third kappa shape index (κ3) is 3.06. The summed E-state index contributed by atoms with van der Waals surface area (Å²) in [5, 5.41) is -0.00612. The Bertz CT molecular complexity index is 1610. The average molecular weight is 445 g/mol. The number of nitrogen functional groups attached to an aromatic ring is 1. The summed E-state index contributed by atoms with van der Waals surface area (Å²) in [5.74, 6) is -1.24. The monoisotopic (exact) mass is 445 g/mol. The van der Waals surface area contributed by atoms with Crippen LogP contribution in [0.15, 0.2) is 42.9 Å². The van der Waals surface area contributed by atoms with Crippen molar-refractivity contribution in [2.45, 2.75) is 13.8 Å². The summed E-state index contributed by atoms with van der Waals surface area (Å²) in [6.45, 7) is 3.46. The molecule has 164 valence electrons. The molecule has 1 amide bonds. The highest BCUT2D eigenvalue weighted by Crippen LogP contribution is 2.34. The molecule has 0 saturated heterocycles. The van der Waals surface area contributed by atoms with Gasteiger partial charge in [0, 0.05) is 17.3 Å². The highest BCUT2D eigenvalue weighted by Gasteiger charge is 2.22. The number of nitrogens with two attached hydrogens (primary N) is 2. The highest BCUT2D eigenvalue weighted by molar-refractivity contribution is 6.07. The molecule has 3 aromatic heterocycles. The zero-order chi connectivity index (χ0) is 23.4. The van der Waals surface area contributed by atoms with E-state index in [1.54, 1.807) is 36.6 Å². The van der Waals surface area contributed by atoms with E-state index in [-0.39, 0.29) is 16.5 Å². The largest absolute Gasteiger partial charge is 0.383 e. The minimum atomic E-state index is -0.692. The van der Waals surface area contributed by atoms with Crippen LogP contribution in [0.5, 0.6) is 0 Å². The van der Waals surface area contributed by atoms with Crippen LogP contribution >= 0.6 is 0 Å². The van der Waals surface area contributed by atoms with E-state index < -0.39 is 17.5 Å². The van der Waals surface area contributed by atoms with Crippen LogP contribution in [0.25, 0.3) is 38.9 Å². The van der Waals surface area contributed by atoms with Crippen molar-refractivity contribution in [2.75, 3.05) is 5.73 Å². The van der Waals surface area contributed by atoms with Gasteiger partial charge in [-0.25, -0.2) is 23.7 Å². The average Bonchev–Trinajstić information content (AvgIpc) is 3.12. The first kappa shape index (κ1) is 20.4. The molecule has 0 saturated carbocycles. The van der Waals surface area contributed by atoms with Crippen molar-refractivity contribution in [2.24, 2.45) is 5.73 Å². The summed E-state index contributed by atoms with van der Waals surface area (Å²) in [5.41, 5.74) is 14.4. The Labute approximate surface area is 185 Å². The standard InChI is InChI=1S/C23H17F2N7O/c1-10-19(29-9-30-22(10)26)12-7-13(23(27)33)20-17(8-12)32(11(2)31-20)16-5-6-28-21-15(25)4-3-14(24)18(16)21/h3-9H,1-2H3,(H2,27,33)(H2,26,29,30). The number of carbonyl (C=O) groups is 1. The lowest BCUT2D eigenvalue weighted by atomic mass is 10.0. The molecular formula is C23H17F2N7O. The van der Waals surface area contributed by atoms with Gasteiger partial charge in [-0.2, -0.15) is 0 Å². The Morgan fingerprint density at radius 2 is 1.76 bits per heavy atom. The molecule has 0 atom stereocenters. The number of anilines is 1. The topological polar surface area (TPSA) is 126 Å². The second-order valence-electron chi connectivity index (χ2n) is 7.57. The smallest absolute Gasteiger partial charge is 0.250 e. The van der Waals surface area contributed by atoms with Crippen molar-refractivity contribution in [3.63, 3.8) is 0 Å². The first-order chi connectivity index (χ1) is 15.8. The molecule has 0 bridgehead atoms. The number of pyridine rings is 1. The van der Waals surface area contributed by atoms with Gasteiger partial charge < -0.3 is 11.5 Å². The number of halogens is 2. The lowest BCUT2D eigenvalue weighted by Crippen LogP contribution is -2.12. The van der Waals surface area contributed by atoms with Crippen LogP contribution in [0.3, 0.4) is 0 Å². The maximum atomic E-state index is 14.9. The highest BCUT2D eigenvalue weighted by atomic mass is 19.1. The first-order valence-electron chi connectivity index (χ1n) is 9.91. The van der Waals surface area contributed by atoms with E-state index in [0.717, 1.165) is 12.1 Å². The second-order valence-corrected chi connectivity index (χ2v) is 7.57. The SMILES string of the molecule is Cc1c(N)ncnc1-c1cc(C(N)=O)c2nc(C)n(-c3ccnc4c(F)ccc(F)c34)c2c1. The summed E-state index contributed by atoms with van der Waals surface area (Å²) in [6.07, 6.45) is 2.71. The van der Waals surface area contributed by atoms with E-state index in [1.807, 2.05) is 0 Å². The van der Waals surface area contributed by atoms with Crippen molar-refractivity contribution in [1.82, 2.24) is 24.5 Å². The zero-order valence-electron chi connectivity index (χ0n) is 17.6. The Morgan fingerprint density at radius 1 is 1.00 bits per heavy atom. The van der Waals surface area contributed by atoms with Crippen LogP contribution in [0.2, 0.25) is 0 Å². The van der Waals surface area contributed by atoms with Gasteiger partial charge in [-0.05, 0) is 44.2 Å². The maximum Gasteiger partial charge on any atom is 0.250 e. The molecule has 3 heterocycles. The number of carbonyl (C=O) groups excluding carboxylic acids is 1. The van der Waals surface area contributed by atoms with E-state index in [0.29, 0.717) is 45.2 Å². The summed E-state index contributed by atoms with van der Waals surface area (Å²) < 4.78 is 30.9. The third-order valence-electron chi connectivity index (χ3n) is 5.60. The third-order valence-corrected chi connectivity index (χ3v) is 5.60. The molecule has 4 N–H and O–H groups in total. The van der Waals surface area contributed by atoms with Gasteiger partial charge in [0.1, 0.15) is 40.6 Å². The van der Waals surface area contributed by atoms with Gasteiger partial charge in [-0.3, -0.25) is 14.3 Å². The van der Waals surface area contributed by atoms with Crippen molar-refractivity contribution < 1.29 is 13.6 Å². The fourth-order valence-corrected chi connectivity index (χ4v) is 4.04. The van der Waals surface area contributed by atoms with E-state index in [1.165, 1.54) is 12.5 Å². The first-order valence-corrected chi connectivity index (χ1v) is 9.91. The van der Waals surface area contributed by atoms with E-state index >= 15 is 0 Å². The summed E-state index contributed by atoms with van der Waals surface area (Å²) in [6, 6.07) is 6.97. The van der Waals surface area contributed by atoms with Gasteiger partial charge in [0.2, 0.25) is 0 Å². The Kier molecular flexibility index (Phi) is 4.52. The van der Waals surface area contributed by atoms with Crippen LogP contribution in [-0.2, 0) is 0 Å². The van der Waals surface area contributed by atoms with Gasteiger partial charge in [0.15, 0.2) is 0 Å². The van der Waals surface area contributed by atoms with Gasteiger partial charge >= 0.3 is 0 Å². The predicted octanol–water partition coefficient (Wildman–Crippen LogP) is 3.61. The van der Waals surface area contributed by atoms with Gasteiger partial charge in [-0.15, -0.1) is 0 Å². The van der Waals surface area contributed by atoms with Crippen LogP contribution in [0.1, 0.15) is 21.7 Å². The van der Waals surface area contributed by atoms with Crippen LogP contribution < -0.4 is 11.5 Å². The number of hydrogen-bond donors (Lipinski definition) is 2. The number of aryl methyl sites for hydroxylation is 1. The number of nitrogens with zero attached hydrogens (tertiary/aromatic N) is 5. The van der Waals surface area contributed by atoms with Gasteiger partial charge in [0.25, 0.3) is 5.91 Å². The molecule has 0 fully saturated rings. The number of aromatic nitrogens is 5. The van der Waals surface area contributed by atoms with Crippen LogP contribution in [0.4, 0.5) is 14.6 Å². The molecule has 0 spiro atoms. The quantitative estimate of drug-likeness (QED) is 0.437. The maximum absolute atomic E-state index is 14.9.